The Hall–Kier alpha value is -3.19. The Bertz CT molecular complexity index is 1030. The van der Waals surface area contributed by atoms with E-state index in [0.717, 1.165) is 27.7 Å². The number of pyridine rings is 2. The van der Waals surface area contributed by atoms with Gasteiger partial charge in [-0.3, -0.25) is 4.79 Å². The van der Waals surface area contributed by atoms with Crippen molar-refractivity contribution in [1.82, 2.24) is 14.9 Å². The highest BCUT2D eigenvalue weighted by Crippen LogP contribution is 2.28. The Morgan fingerprint density at radius 3 is 2.79 bits per heavy atom. The lowest BCUT2D eigenvalue weighted by Crippen LogP contribution is -2.42. The SMILES string of the molecule is COc1cc(-c2cc(C)c3cc(OCC(=O)N4CCOCC4)ccc3n2)ccn1. The van der Waals surface area contributed by atoms with Crippen molar-refractivity contribution in [2.45, 2.75) is 6.92 Å². The normalized spacial score (nSPS) is 14.1. The standard InChI is InChI=1S/C22H23N3O4/c1-15-11-20(16-5-6-23-21(12-16)27-2)24-19-4-3-17(13-18(15)19)29-14-22(26)25-7-9-28-10-8-25/h3-6,11-13H,7-10,14H2,1-2H3. The molecule has 1 fully saturated rings. The molecule has 1 saturated heterocycles. The van der Waals surface area contributed by atoms with Gasteiger partial charge in [0.1, 0.15) is 5.75 Å². The third-order valence-corrected chi connectivity index (χ3v) is 4.95. The van der Waals surface area contributed by atoms with Gasteiger partial charge in [0, 0.05) is 36.3 Å². The third-order valence-electron chi connectivity index (χ3n) is 4.95. The number of carbonyl (C=O) groups is 1. The Kier molecular flexibility index (Phi) is 5.57. The first-order valence-corrected chi connectivity index (χ1v) is 9.54. The molecule has 7 nitrogen and oxygen atoms in total. The zero-order chi connectivity index (χ0) is 20.2. The van der Waals surface area contributed by atoms with Crippen molar-refractivity contribution in [3.63, 3.8) is 0 Å². The van der Waals surface area contributed by atoms with E-state index < -0.39 is 0 Å². The number of amides is 1. The first-order valence-electron chi connectivity index (χ1n) is 9.54. The molecular formula is C22H23N3O4. The number of benzene rings is 1. The number of hydrogen-bond donors (Lipinski definition) is 0. The number of morpholine rings is 1. The van der Waals surface area contributed by atoms with Gasteiger partial charge in [-0.05, 0) is 42.8 Å². The Labute approximate surface area is 169 Å². The maximum atomic E-state index is 12.3. The first-order chi connectivity index (χ1) is 14.1. The molecule has 2 aromatic heterocycles. The summed E-state index contributed by atoms with van der Waals surface area (Å²) in [4.78, 5) is 23.0. The fourth-order valence-corrected chi connectivity index (χ4v) is 3.34. The van der Waals surface area contributed by atoms with Gasteiger partial charge in [0.2, 0.25) is 5.88 Å². The van der Waals surface area contributed by atoms with Crippen LogP contribution in [0.2, 0.25) is 0 Å². The monoisotopic (exact) mass is 393 g/mol. The summed E-state index contributed by atoms with van der Waals surface area (Å²) in [5.41, 5.74) is 3.73. The highest BCUT2D eigenvalue weighted by atomic mass is 16.5. The maximum absolute atomic E-state index is 12.3. The smallest absolute Gasteiger partial charge is 0.260 e. The van der Waals surface area contributed by atoms with E-state index in [0.29, 0.717) is 37.9 Å². The summed E-state index contributed by atoms with van der Waals surface area (Å²) in [5, 5.41) is 0.992. The number of nitrogens with zero attached hydrogens (tertiary/aromatic N) is 3. The van der Waals surface area contributed by atoms with Crippen molar-refractivity contribution in [3.05, 3.63) is 48.2 Å². The fraction of sp³-hybridized carbons (Fsp3) is 0.318. The quantitative estimate of drug-likeness (QED) is 0.664. The summed E-state index contributed by atoms with van der Waals surface area (Å²) in [6.07, 6.45) is 1.71. The van der Waals surface area contributed by atoms with Gasteiger partial charge in [-0.15, -0.1) is 0 Å². The number of methoxy groups -OCH3 is 1. The molecule has 0 N–H and O–H groups in total. The summed E-state index contributed by atoms with van der Waals surface area (Å²) in [6, 6.07) is 11.5. The van der Waals surface area contributed by atoms with Crippen LogP contribution in [0.5, 0.6) is 11.6 Å². The fourth-order valence-electron chi connectivity index (χ4n) is 3.34. The van der Waals surface area contributed by atoms with E-state index >= 15 is 0 Å². The average Bonchev–Trinajstić information content (AvgIpc) is 2.78. The van der Waals surface area contributed by atoms with E-state index in [9.17, 15) is 4.79 Å². The van der Waals surface area contributed by atoms with Gasteiger partial charge in [-0.25, -0.2) is 9.97 Å². The molecule has 0 saturated carbocycles. The van der Waals surface area contributed by atoms with Crippen molar-refractivity contribution in [1.29, 1.82) is 0 Å². The second-order valence-corrected chi connectivity index (χ2v) is 6.87. The number of hydrogen-bond acceptors (Lipinski definition) is 6. The second kappa shape index (κ2) is 8.45. The van der Waals surface area contributed by atoms with Gasteiger partial charge in [0.15, 0.2) is 6.61 Å². The van der Waals surface area contributed by atoms with E-state index in [1.54, 1.807) is 18.2 Å². The lowest BCUT2D eigenvalue weighted by molar-refractivity contribution is -0.137. The predicted octanol–water partition coefficient (Wildman–Crippen LogP) is 2.85. The Morgan fingerprint density at radius 2 is 2.00 bits per heavy atom. The van der Waals surface area contributed by atoms with Crippen molar-refractivity contribution in [2.75, 3.05) is 40.0 Å². The maximum Gasteiger partial charge on any atom is 0.260 e. The molecule has 0 unspecified atom stereocenters. The zero-order valence-corrected chi connectivity index (χ0v) is 16.6. The van der Waals surface area contributed by atoms with E-state index in [1.165, 1.54) is 0 Å². The number of fused-ring (bicyclic) bond motifs is 1. The topological polar surface area (TPSA) is 73.8 Å². The van der Waals surface area contributed by atoms with Crippen LogP contribution in [0.4, 0.5) is 0 Å². The molecule has 7 heteroatoms. The molecule has 0 bridgehead atoms. The molecule has 29 heavy (non-hydrogen) atoms. The molecule has 3 heterocycles. The molecule has 0 atom stereocenters. The number of ether oxygens (including phenoxy) is 3. The first kappa shape index (κ1) is 19.1. The lowest BCUT2D eigenvalue weighted by Gasteiger charge is -2.26. The Morgan fingerprint density at radius 1 is 1.17 bits per heavy atom. The summed E-state index contributed by atoms with van der Waals surface area (Å²) in [6.45, 7) is 4.45. The van der Waals surface area contributed by atoms with Crippen LogP contribution in [0.1, 0.15) is 5.56 Å². The minimum absolute atomic E-state index is 0.0207. The molecule has 0 radical (unpaired) electrons. The molecule has 3 aromatic rings. The summed E-state index contributed by atoms with van der Waals surface area (Å²) >= 11 is 0. The van der Waals surface area contributed by atoms with E-state index in [-0.39, 0.29) is 12.5 Å². The summed E-state index contributed by atoms with van der Waals surface area (Å²) < 4.78 is 16.2. The second-order valence-electron chi connectivity index (χ2n) is 6.87. The molecule has 150 valence electrons. The van der Waals surface area contributed by atoms with Gasteiger partial charge >= 0.3 is 0 Å². The van der Waals surface area contributed by atoms with Crippen LogP contribution in [0.3, 0.4) is 0 Å². The van der Waals surface area contributed by atoms with Crippen LogP contribution >= 0.6 is 0 Å². The van der Waals surface area contributed by atoms with E-state index in [4.69, 9.17) is 19.2 Å². The molecular weight excluding hydrogens is 370 g/mol. The van der Waals surface area contributed by atoms with Crippen LogP contribution in [-0.2, 0) is 9.53 Å². The van der Waals surface area contributed by atoms with Crippen LogP contribution in [-0.4, -0.2) is 60.8 Å². The Balaban J connectivity index is 1.53. The lowest BCUT2D eigenvalue weighted by atomic mass is 10.1. The van der Waals surface area contributed by atoms with E-state index in [2.05, 4.69) is 4.98 Å². The van der Waals surface area contributed by atoms with Gasteiger partial charge < -0.3 is 19.1 Å². The van der Waals surface area contributed by atoms with Crippen LogP contribution in [0.15, 0.2) is 42.6 Å². The van der Waals surface area contributed by atoms with Crippen molar-refractivity contribution in [2.24, 2.45) is 0 Å². The molecule has 0 aliphatic carbocycles. The highest BCUT2D eigenvalue weighted by Gasteiger charge is 2.17. The predicted molar refractivity (Wildman–Crippen MR) is 109 cm³/mol. The molecule has 0 spiro atoms. The van der Waals surface area contributed by atoms with Crippen LogP contribution in [0.25, 0.3) is 22.2 Å². The van der Waals surface area contributed by atoms with Crippen LogP contribution < -0.4 is 9.47 Å². The number of carbonyl (C=O) groups excluding carboxylic acids is 1. The third kappa shape index (κ3) is 4.30. The molecule has 1 amide bonds. The zero-order valence-electron chi connectivity index (χ0n) is 16.6. The van der Waals surface area contributed by atoms with Crippen molar-refractivity contribution < 1.29 is 19.0 Å². The van der Waals surface area contributed by atoms with Crippen molar-refractivity contribution >= 4 is 16.8 Å². The average molecular weight is 393 g/mol. The van der Waals surface area contributed by atoms with Crippen LogP contribution in [0, 0.1) is 6.92 Å². The number of aromatic nitrogens is 2. The largest absolute Gasteiger partial charge is 0.484 e. The molecule has 1 aliphatic heterocycles. The van der Waals surface area contributed by atoms with Gasteiger partial charge in [0.25, 0.3) is 5.91 Å². The van der Waals surface area contributed by atoms with Gasteiger partial charge in [-0.1, -0.05) is 0 Å². The number of rotatable bonds is 5. The minimum Gasteiger partial charge on any atom is -0.484 e. The summed E-state index contributed by atoms with van der Waals surface area (Å²) in [7, 11) is 1.59. The highest BCUT2D eigenvalue weighted by molar-refractivity contribution is 5.86. The summed E-state index contributed by atoms with van der Waals surface area (Å²) in [5.74, 6) is 1.18. The minimum atomic E-state index is -0.0229. The molecule has 4 rings (SSSR count). The van der Waals surface area contributed by atoms with Crippen molar-refractivity contribution in [3.8, 4) is 22.9 Å². The molecule has 1 aliphatic rings. The van der Waals surface area contributed by atoms with Gasteiger partial charge in [0.05, 0.1) is 31.5 Å². The molecule has 1 aromatic carbocycles. The van der Waals surface area contributed by atoms with E-state index in [1.807, 2.05) is 43.3 Å². The van der Waals surface area contributed by atoms with Gasteiger partial charge in [-0.2, -0.15) is 0 Å². The number of aryl methyl sites for hydroxylation is 1.